The predicted octanol–water partition coefficient (Wildman–Crippen LogP) is -1.48. The maximum atomic E-state index is 4.90. The van der Waals surface area contributed by atoms with Crippen molar-refractivity contribution in [3.8, 4) is 0 Å². The fraction of sp³-hybridized carbons (Fsp3) is 1.00. The van der Waals surface area contributed by atoms with Gasteiger partial charge in [0.15, 0.2) is 0 Å². The fourth-order valence-corrected chi connectivity index (χ4v) is 0. The zero-order chi connectivity index (χ0) is 3.41. The van der Waals surface area contributed by atoms with Gasteiger partial charge in [-0.3, -0.25) is 0 Å². The van der Waals surface area contributed by atoms with Gasteiger partial charge in [-0.15, -0.1) is 0 Å². The second-order valence-electron chi connectivity index (χ2n) is 0.577. The molecule has 0 aliphatic heterocycles. The minimum absolute atomic E-state index is 0. The summed E-state index contributed by atoms with van der Waals surface area (Å²) in [6, 6.07) is 0. The molecular weight excluding hydrogens is 189 g/mol. The van der Waals surface area contributed by atoms with E-state index in [-0.39, 0.29) is 48.9 Å². The van der Waals surface area contributed by atoms with Crippen molar-refractivity contribution in [3.63, 3.8) is 0 Å². The Hall–Kier alpha value is 1.49. The van der Waals surface area contributed by atoms with E-state index >= 15 is 0 Å². The van der Waals surface area contributed by atoms with Crippen LogP contribution in [0.5, 0.6) is 0 Å². The molecule has 4 N–H and O–H groups in total. The van der Waals surface area contributed by atoms with Crippen molar-refractivity contribution in [1.29, 1.82) is 0 Å². The van der Waals surface area contributed by atoms with E-state index in [0.717, 1.165) is 0 Å². The van der Waals surface area contributed by atoms with Crippen LogP contribution in [-0.2, 0) is 0 Å². The van der Waals surface area contributed by atoms with Crippen LogP contribution < -0.4 is 11.5 Å². The van der Waals surface area contributed by atoms with Crippen LogP contribution in [0.25, 0.3) is 0 Å². The van der Waals surface area contributed by atoms with Gasteiger partial charge in [0.05, 0.1) is 0 Å². The molecule has 3 heteroatoms. The Morgan fingerprint density at radius 1 is 1.00 bits per heavy atom. The summed E-state index contributed by atoms with van der Waals surface area (Å²) < 4.78 is 0. The molecule has 0 spiro atoms. The third-order valence-corrected chi connectivity index (χ3v) is 0.167. The van der Waals surface area contributed by atoms with Crippen LogP contribution in [0.3, 0.4) is 0 Å². The summed E-state index contributed by atoms with van der Waals surface area (Å²) in [6.45, 7) is 1.19. The van der Waals surface area contributed by atoms with E-state index in [9.17, 15) is 0 Å². The normalized spacial score (nSPS) is 6.00. The van der Waals surface area contributed by atoms with Crippen molar-refractivity contribution in [2.75, 3.05) is 13.1 Å². The van der Waals surface area contributed by atoms with Crippen LogP contribution in [0, 0.1) is 0 Å². The quantitative estimate of drug-likeness (QED) is 0.504. The monoisotopic (exact) mass is 198 g/mol. The molecule has 2 radical (unpaired) electrons. The first-order valence-electron chi connectivity index (χ1n) is 1.32. The van der Waals surface area contributed by atoms with Crippen LogP contribution >= 0.6 is 0 Å². The van der Waals surface area contributed by atoms with Gasteiger partial charge in [0.2, 0.25) is 0 Å². The molecule has 0 amide bonds. The van der Waals surface area contributed by atoms with E-state index in [0.29, 0.717) is 13.1 Å². The fourth-order valence-electron chi connectivity index (χ4n) is 0. The van der Waals surface area contributed by atoms with Crippen molar-refractivity contribution in [2.24, 2.45) is 11.5 Å². The Bertz CT molecular complexity index is 9.61. The van der Waals surface area contributed by atoms with Crippen molar-refractivity contribution in [3.05, 3.63) is 0 Å². The molecule has 0 saturated carbocycles. The third kappa shape index (κ3) is 10.8. The second-order valence-corrected chi connectivity index (χ2v) is 0.577. The van der Waals surface area contributed by atoms with Crippen molar-refractivity contribution >= 4 is 48.9 Å². The van der Waals surface area contributed by atoms with Crippen LogP contribution in [0.2, 0.25) is 0 Å². The van der Waals surface area contributed by atoms with Gasteiger partial charge >= 0.3 is 0 Å². The number of rotatable bonds is 1. The summed E-state index contributed by atoms with van der Waals surface area (Å²) in [7, 11) is 0. The molecule has 0 aromatic carbocycles. The van der Waals surface area contributed by atoms with E-state index in [1.807, 2.05) is 0 Å². The van der Waals surface area contributed by atoms with Crippen LogP contribution in [0.4, 0.5) is 0 Å². The van der Waals surface area contributed by atoms with Gasteiger partial charge in [-0.25, -0.2) is 0 Å². The second kappa shape index (κ2) is 9.09. The molecule has 0 aromatic heterocycles. The van der Waals surface area contributed by atoms with Gasteiger partial charge < -0.3 is 11.5 Å². The largest absolute Gasteiger partial charge is 0.329 e. The Morgan fingerprint density at radius 3 is 1.20 bits per heavy atom. The van der Waals surface area contributed by atoms with Crippen molar-refractivity contribution in [1.82, 2.24) is 0 Å². The first kappa shape index (κ1) is 9.70. The number of hydrogen-bond donors (Lipinski definition) is 2. The molecule has 5 heavy (non-hydrogen) atoms. The summed E-state index contributed by atoms with van der Waals surface area (Å²) in [4.78, 5) is 0. The summed E-state index contributed by atoms with van der Waals surface area (Å²) in [5.41, 5.74) is 9.81. The summed E-state index contributed by atoms with van der Waals surface area (Å²) in [5, 5.41) is 0. The molecule has 0 aliphatic carbocycles. The zero-order valence-corrected chi connectivity index (χ0v) is 7.72. The van der Waals surface area contributed by atoms with Gasteiger partial charge in [-0.2, -0.15) is 0 Å². The topological polar surface area (TPSA) is 52.0 Å². The van der Waals surface area contributed by atoms with Crippen LogP contribution in [0.15, 0.2) is 0 Å². The van der Waals surface area contributed by atoms with E-state index in [4.69, 9.17) is 11.5 Å². The van der Waals surface area contributed by atoms with Crippen LogP contribution in [0.1, 0.15) is 0 Å². The molecule has 0 saturated heterocycles. The van der Waals surface area contributed by atoms with Gasteiger partial charge in [0.1, 0.15) is 0 Å². The predicted molar refractivity (Wildman–Crippen MR) is 23.9 cm³/mol. The molecular formula is C2H8BaN2. The smallest absolute Gasteiger partial charge is 0.00461 e. The molecule has 0 unspecified atom stereocenters. The maximum absolute atomic E-state index is 4.90. The molecule has 0 heterocycles. The summed E-state index contributed by atoms with van der Waals surface area (Å²) >= 11 is 0. The maximum Gasteiger partial charge on any atom is 0.00461 e. The Morgan fingerprint density at radius 2 is 1.20 bits per heavy atom. The molecule has 0 rings (SSSR count). The molecule has 2 nitrogen and oxygen atoms in total. The van der Waals surface area contributed by atoms with E-state index in [2.05, 4.69) is 0 Å². The van der Waals surface area contributed by atoms with Gasteiger partial charge in [0.25, 0.3) is 0 Å². The molecule has 0 aliphatic rings. The SMILES string of the molecule is NCCN.[Ba]. The Labute approximate surface area is 72.4 Å². The first-order chi connectivity index (χ1) is 1.91. The van der Waals surface area contributed by atoms with Crippen LogP contribution in [-0.4, -0.2) is 62.0 Å². The number of nitrogens with two attached hydrogens (primary N) is 2. The summed E-state index contributed by atoms with van der Waals surface area (Å²) in [5.74, 6) is 0. The molecule has 0 bridgehead atoms. The van der Waals surface area contributed by atoms with Gasteiger partial charge in [-0.1, -0.05) is 0 Å². The van der Waals surface area contributed by atoms with E-state index < -0.39 is 0 Å². The standard InChI is InChI=1S/C2H8N2.Ba/c3-1-2-4;/h1-4H2;. The molecule has 0 aromatic rings. The zero-order valence-electron chi connectivity index (χ0n) is 3.28. The molecule has 0 atom stereocenters. The van der Waals surface area contributed by atoms with Gasteiger partial charge in [0, 0.05) is 62.0 Å². The molecule has 0 fully saturated rings. The van der Waals surface area contributed by atoms with Crippen molar-refractivity contribution in [2.45, 2.75) is 0 Å². The van der Waals surface area contributed by atoms with Crippen molar-refractivity contribution < 1.29 is 0 Å². The van der Waals surface area contributed by atoms with E-state index in [1.165, 1.54) is 0 Å². The molecule has 28 valence electrons. The minimum Gasteiger partial charge on any atom is -0.329 e. The summed E-state index contributed by atoms with van der Waals surface area (Å²) in [6.07, 6.45) is 0. The Kier molecular flexibility index (Phi) is 17.6. The minimum atomic E-state index is 0. The Balaban J connectivity index is 0. The van der Waals surface area contributed by atoms with E-state index in [1.54, 1.807) is 0 Å². The number of hydrogen-bond acceptors (Lipinski definition) is 2. The first-order valence-corrected chi connectivity index (χ1v) is 1.32. The average Bonchev–Trinajstić information content (AvgIpc) is 1.37. The van der Waals surface area contributed by atoms with Gasteiger partial charge in [-0.05, 0) is 0 Å². The average molecular weight is 197 g/mol. The third-order valence-electron chi connectivity index (χ3n) is 0.167.